The summed E-state index contributed by atoms with van der Waals surface area (Å²) < 4.78 is 21.8. The number of amides is 5. The van der Waals surface area contributed by atoms with E-state index in [0.717, 1.165) is 84.1 Å². The molecule has 1 atom stereocenters. The number of nitrogens with zero attached hydrogens (tertiary/aromatic N) is 2. The summed E-state index contributed by atoms with van der Waals surface area (Å²) in [6.07, 6.45) is 21.3. The maximum absolute atomic E-state index is 12.4. The van der Waals surface area contributed by atoms with E-state index < -0.39 is 23.9 Å². The van der Waals surface area contributed by atoms with E-state index in [1.165, 1.54) is 101 Å². The van der Waals surface area contributed by atoms with Crippen LogP contribution in [0, 0.1) is 0 Å². The van der Waals surface area contributed by atoms with Crippen LogP contribution in [0.25, 0.3) is 22.3 Å². The number of esters is 4. The number of carbonyl (C=O) groups excluding carboxylic acids is 7. The van der Waals surface area contributed by atoms with Crippen molar-refractivity contribution >= 4 is 41.8 Å². The number of rotatable bonds is 32. The van der Waals surface area contributed by atoms with Gasteiger partial charge >= 0.3 is 35.9 Å². The quantitative estimate of drug-likeness (QED) is 0.0137. The molecule has 5 aromatic carbocycles. The molecule has 0 bridgehead atoms. The van der Waals surface area contributed by atoms with Crippen molar-refractivity contribution in [2.45, 2.75) is 163 Å². The zero-order valence-corrected chi connectivity index (χ0v) is 55.2. The van der Waals surface area contributed by atoms with E-state index in [9.17, 15) is 33.6 Å². The molecule has 2 saturated heterocycles. The molecule has 2 aliphatic rings. The van der Waals surface area contributed by atoms with E-state index in [0.29, 0.717) is 43.3 Å². The molecule has 17 heteroatoms. The maximum atomic E-state index is 12.4. The number of nitrogens with one attached hydrogen (secondary N) is 3. The summed E-state index contributed by atoms with van der Waals surface area (Å²) >= 11 is 0. The third kappa shape index (κ3) is 25.8. The normalized spacial score (nSPS) is 13.3. The average molecular weight is 1260 g/mol. The number of nitrogens with two attached hydrogens (primary N) is 1. The number of unbranched alkanes of at least 4 members (excludes halogenated alkanes) is 11. The molecule has 5 amide bonds. The summed E-state index contributed by atoms with van der Waals surface area (Å²) in [5.74, 6) is -1.15. The van der Waals surface area contributed by atoms with Gasteiger partial charge in [-0.05, 0) is 116 Å². The second kappa shape index (κ2) is 40.1. The molecule has 2 fully saturated rings. The van der Waals surface area contributed by atoms with Crippen molar-refractivity contribution in [1.29, 1.82) is 0 Å². The Hall–Kier alpha value is -8.83. The fourth-order valence-corrected chi connectivity index (χ4v) is 10.3. The van der Waals surface area contributed by atoms with Crippen molar-refractivity contribution in [3.05, 3.63) is 173 Å². The van der Waals surface area contributed by atoms with E-state index in [-0.39, 0.29) is 54.0 Å². The van der Waals surface area contributed by atoms with Crippen LogP contribution in [0.4, 0.5) is 9.59 Å². The Labute approximate surface area is 545 Å². The monoisotopic (exact) mass is 1260 g/mol. The Morgan fingerprint density at radius 3 is 1.70 bits per heavy atom. The first-order valence-electron chi connectivity index (χ1n) is 32.7. The molecule has 5 N–H and O–H groups in total. The smallest absolute Gasteiger partial charge is 0.342 e. The van der Waals surface area contributed by atoms with Crippen LogP contribution in [-0.2, 0) is 49.7 Å². The zero-order valence-electron chi connectivity index (χ0n) is 55.2. The van der Waals surface area contributed by atoms with Crippen LogP contribution in [0.3, 0.4) is 0 Å². The molecule has 494 valence electrons. The van der Waals surface area contributed by atoms with E-state index in [1.54, 1.807) is 30.9 Å². The Balaban J connectivity index is 0.000000251. The van der Waals surface area contributed by atoms with Crippen LogP contribution in [-0.4, -0.2) is 97.5 Å². The molecule has 2 heterocycles. The molecule has 5 aromatic rings. The number of benzene rings is 5. The highest BCUT2D eigenvalue weighted by Gasteiger charge is 2.25. The number of piperazine rings is 1. The Bertz CT molecular complexity index is 3260. The molecule has 0 aromatic heterocycles. The number of hydrogen-bond acceptors (Lipinski definition) is 12. The predicted octanol–water partition coefficient (Wildman–Crippen LogP) is 14.4. The topological polar surface area (TPSA) is 225 Å². The third-order valence-corrected chi connectivity index (χ3v) is 15.8. The van der Waals surface area contributed by atoms with E-state index >= 15 is 0 Å². The number of ether oxygens (including phenoxy) is 4. The van der Waals surface area contributed by atoms with Gasteiger partial charge in [-0.15, -0.1) is 0 Å². The average Bonchev–Trinajstić information content (AvgIpc) is 1.27. The summed E-state index contributed by atoms with van der Waals surface area (Å²) in [5.41, 5.74) is 15.5. The van der Waals surface area contributed by atoms with Gasteiger partial charge in [0.25, 0.3) is 0 Å². The van der Waals surface area contributed by atoms with Crippen LogP contribution in [0.5, 0.6) is 17.2 Å². The molecule has 92 heavy (non-hydrogen) atoms. The summed E-state index contributed by atoms with van der Waals surface area (Å²) in [6.45, 7) is 26.0. The summed E-state index contributed by atoms with van der Waals surface area (Å²) in [4.78, 5) is 86.2. The fourth-order valence-electron chi connectivity index (χ4n) is 10.3. The number of aryl methyl sites for hydroxylation is 3. The molecule has 7 rings (SSSR count). The lowest BCUT2D eigenvalue weighted by molar-refractivity contribution is -0.130. The van der Waals surface area contributed by atoms with Gasteiger partial charge in [0.15, 0.2) is 0 Å². The highest BCUT2D eigenvalue weighted by atomic mass is 16.6. The van der Waals surface area contributed by atoms with E-state index in [1.807, 2.05) is 36.4 Å². The number of urea groups is 2. The van der Waals surface area contributed by atoms with Gasteiger partial charge in [0.2, 0.25) is 5.91 Å². The standard InChI is InChI=1S/C26H33N3O3.C25H30N2O3.C24H35NO5/c1-3-5-6-7-20-8-10-21(11-9-20)22-12-13-23(24(18-22)32-25(30)4-2)19-28-14-16-29(17-15-28)26(27)31;1-4-5-6-7-8-18-9-11-19(12-10-18)21-14-13-20(22-16-26-25(29)27-22)15-23(21)30-24(28)17(2)3;1-5-6-7-8-9-10-11-12-20-13-14-21(22(17-20)30-23(27)18(2)3)24(28)29-16-15-25-19(4)26/h4,8-13,18H,2-3,5-7,14-17,19H2,1H3,(H2,27,31);9-15,22H,2,4-8,16H2,1,3H3,(H2,26,27,29);13-14,17H,2,5-12,15-16H2,1,3-4H3,(H,25,26). The Morgan fingerprint density at radius 1 is 0.598 bits per heavy atom. The van der Waals surface area contributed by atoms with Crippen LogP contribution < -0.4 is 35.9 Å². The second-order valence-corrected chi connectivity index (χ2v) is 23.5. The SMILES string of the molecule is C=C(C)C(=O)Oc1cc(C2CNC(=O)N2)ccc1-c1ccc(CCCCCC)cc1.C=C(C)C(=O)Oc1cc(CCCCCCCCC)ccc1C(=O)OCCNC(C)=O.C=CC(=O)Oc1cc(-c2ccc(CCCCC)cc2)ccc1CN1CCN(C(N)=O)CC1. The first-order valence-corrected chi connectivity index (χ1v) is 32.7. The van der Waals surface area contributed by atoms with Crippen LogP contribution >= 0.6 is 0 Å². The molecular formula is C75H98N6O11. The lowest BCUT2D eigenvalue weighted by atomic mass is 9.97. The molecule has 0 aliphatic carbocycles. The summed E-state index contributed by atoms with van der Waals surface area (Å²) in [6, 6.07) is 33.2. The summed E-state index contributed by atoms with van der Waals surface area (Å²) in [5, 5.41) is 8.17. The minimum Gasteiger partial charge on any atom is -0.460 e. The van der Waals surface area contributed by atoms with Crippen molar-refractivity contribution in [3.63, 3.8) is 0 Å². The lowest BCUT2D eigenvalue weighted by Crippen LogP contribution is -2.50. The number of carbonyl (C=O) groups is 7. The van der Waals surface area contributed by atoms with Gasteiger partial charge in [0.05, 0.1) is 12.6 Å². The van der Waals surface area contributed by atoms with Crippen molar-refractivity contribution in [1.82, 2.24) is 25.8 Å². The van der Waals surface area contributed by atoms with E-state index in [4.69, 9.17) is 24.7 Å². The third-order valence-electron chi connectivity index (χ3n) is 15.8. The molecule has 17 nitrogen and oxygen atoms in total. The van der Waals surface area contributed by atoms with Gasteiger partial charge < -0.3 is 45.5 Å². The molecule has 1 unspecified atom stereocenters. The molecule has 0 saturated carbocycles. The molecule has 0 spiro atoms. The van der Waals surface area contributed by atoms with Crippen molar-refractivity contribution in [2.24, 2.45) is 5.73 Å². The van der Waals surface area contributed by atoms with Gasteiger partial charge in [-0.25, -0.2) is 28.8 Å². The van der Waals surface area contributed by atoms with Crippen LogP contribution in [0.1, 0.15) is 176 Å². The minimum absolute atomic E-state index is 0.0338. The number of primary amides is 1. The molecular weight excluding hydrogens is 1160 g/mol. The number of hydrogen-bond donors (Lipinski definition) is 4. The van der Waals surface area contributed by atoms with E-state index in [2.05, 4.69) is 116 Å². The van der Waals surface area contributed by atoms with Crippen molar-refractivity contribution < 1.29 is 52.5 Å². The van der Waals surface area contributed by atoms with Gasteiger partial charge in [0.1, 0.15) is 29.4 Å². The molecule has 0 radical (unpaired) electrons. The second-order valence-electron chi connectivity index (χ2n) is 23.5. The van der Waals surface area contributed by atoms with Gasteiger partial charge in [0, 0.05) is 74.5 Å². The Kier molecular flexibility index (Phi) is 32.2. The lowest BCUT2D eigenvalue weighted by Gasteiger charge is -2.34. The summed E-state index contributed by atoms with van der Waals surface area (Å²) in [7, 11) is 0. The highest BCUT2D eigenvalue weighted by Crippen LogP contribution is 2.35. The Morgan fingerprint density at radius 2 is 1.13 bits per heavy atom. The predicted molar refractivity (Wildman–Crippen MR) is 364 cm³/mol. The van der Waals surface area contributed by atoms with Gasteiger partial charge in [-0.1, -0.05) is 190 Å². The van der Waals surface area contributed by atoms with Crippen molar-refractivity contribution in [3.8, 4) is 39.5 Å². The van der Waals surface area contributed by atoms with Crippen LogP contribution in [0.2, 0.25) is 0 Å². The highest BCUT2D eigenvalue weighted by molar-refractivity contribution is 5.96. The minimum atomic E-state index is -0.604. The van der Waals surface area contributed by atoms with Gasteiger partial charge in [-0.2, -0.15) is 0 Å². The first-order chi connectivity index (χ1) is 44.3. The van der Waals surface area contributed by atoms with Crippen molar-refractivity contribution in [2.75, 3.05) is 45.9 Å². The largest absolute Gasteiger partial charge is 0.460 e. The van der Waals surface area contributed by atoms with Gasteiger partial charge in [-0.3, -0.25) is 9.69 Å². The fraction of sp³-hybridized carbons (Fsp3) is 0.427. The van der Waals surface area contributed by atoms with Crippen LogP contribution in [0.15, 0.2) is 140 Å². The zero-order chi connectivity index (χ0) is 66.8. The maximum Gasteiger partial charge on any atom is 0.342 e. The first kappa shape index (κ1) is 73.9. The molecule has 2 aliphatic heterocycles.